The molecule has 0 saturated heterocycles. The summed E-state index contributed by atoms with van der Waals surface area (Å²) in [6, 6.07) is 0. The fourth-order valence-corrected chi connectivity index (χ4v) is 8.69. The molecule has 0 N–H and O–H groups in total. The van der Waals surface area contributed by atoms with Gasteiger partial charge in [-0.3, -0.25) is 4.79 Å². The highest BCUT2D eigenvalue weighted by Crippen LogP contribution is 2.67. The van der Waals surface area contributed by atoms with Crippen LogP contribution in [0.2, 0.25) is 0 Å². The Balaban J connectivity index is 1.55. The van der Waals surface area contributed by atoms with Crippen LogP contribution in [0.3, 0.4) is 0 Å². The van der Waals surface area contributed by atoms with Gasteiger partial charge in [0, 0.05) is 5.92 Å². The van der Waals surface area contributed by atoms with Gasteiger partial charge in [-0.25, -0.2) is 0 Å². The van der Waals surface area contributed by atoms with Crippen LogP contribution in [0, 0.1) is 46.3 Å². The van der Waals surface area contributed by atoms with Gasteiger partial charge in [0.1, 0.15) is 5.78 Å². The number of ketones is 1. The lowest BCUT2D eigenvalue weighted by Gasteiger charge is -2.61. The molecule has 0 aliphatic heterocycles. The Morgan fingerprint density at radius 2 is 1.64 bits per heavy atom. The minimum atomic E-state index is 0.329. The molecule has 0 heterocycles. The van der Waals surface area contributed by atoms with Gasteiger partial charge < -0.3 is 0 Å². The van der Waals surface area contributed by atoms with E-state index in [2.05, 4.69) is 20.8 Å². The van der Waals surface area contributed by atoms with E-state index in [0.29, 0.717) is 22.5 Å². The summed E-state index contributed by atoms with van der Waals surface area (Å²) in [5, 5.41) is 0. The van der Waals surface area contributed by atoms with E-state index in [0.717, 1.165) is 29.6 Å². The van der Waals surface area contributed by atoms with Crippen molar-refractivity contribution in [3.8, 4) is 0 Å². The lowest BCUT2D eigenvalue weighted by molar-refractivity contribution is -0.135. The Labute approximate surface area is 155 Å². The minimum Gasteiger partial charge on any atom is -0.300 e. The van der Waals surface area contributed by atoms with Gasteiger partial charge >= 0.3 is 0 Å². The standard InChI is InChI=1S/C24H40O/c1-5-6-17-11-13-23(3)18(15-17)7-8-19-21-10-9-20(16(2)25)24(21,4)14-12-22(19)23/h17-22H,5-15H2,1-4H3/t17?,18?,19-,20+,21-,22-,23-,24+/m0/s1. The van der Waals surface area contributed by atoms with Crippen LogP contribution >= 0.6 is 0 Å². The van der Waals surface area contributed by atoms with Crippen molar-refractivity contribution in [1.82, 2.24) is 0 Å². The van der Waals surface area contributed by atoms with Crippen LogP contribution < -0.4 is 0 Å². The molecule has 0 bridgehead atoms. The van der Waals surface area contributed by atoms with Gasteiger partial charge in [-0.2, -0.15) is 0 Å². The molecule has 4 fully saturated rings. The zero-order chi connectivity index (χ0) is 17.8. The van der Waals surface area contributed by atoms with Crippen LogP contribution in [0.15, 0.2) is 0 Å². The monoisotopic (exact) mass is 344 g/mol. The Bertz CT molecular complexity index is 524. The maximum absolute atomic E-state index is 12.3. The molecule has 0 amide bonds. The van der Waals surface area contributed by atoms with Crippen molar-refractivity contribution in [2.75, 3.05) is 0 Å². The number of rotatable bonds is 3. The van der Waals surface area contributed by atoms with Crippen molar-refractivity contribution >= 4 is 5.78 Å². The average molecular weight is 345 g/mol. The Hall–Kier alpha value is -0.330. The van der Waals surface area contributed by atoms with E-state index in [-0.39, 0.29) is 0 Å². The maximum atomic E-state index is 12.3. The Morgan fingerprint density at radius 1 is 0.920 bits per heavy atom. The van der Waals surface area contributed by atoms with E-state index in [1.54, 1.807) is 0 Å². The zero-order valence-electron chi connectivity index (χ0n) is 17.2. The highest BCUT2D eigenvalue weighted by molar-refractivity contribution is 5.79. The van der Waals surface area contributed by atoms with Gasteiger partial charge in [0.15, 0.2) is 0 Å². The number of fused-ring (bicyclic) bond motifs is 5. The van der Waals surface area contributed by atoms with E-state index < -0.39 is 0 Å². The summed E-state index contributed by atoms with van der Waals surface area (Å²) in [7, 11) is 0. The molecule has 8 atom stereocenters. The van der Waals surface area contributed by atoms with Crippen molar-refractivity contribution < 1.29 is 4.79 Å². The van der Waals surface area contributed by atoms with Crippen molar-refractivity contribution in [1.29, 1.82) is 0 Å². The first kappa shape index (κ1) is 18.1. The summed E-state index contributed by atoms with van der Waals surface area (Å²) >= 11 is 0. The number of hydrogen-bond donors (Lipinski definition) is 0. The fourth-order valence-electron chi connectivity index (χ4n) is 8.69. The topological polar surface area (TPSA) is 17.1 Å². The molecular weight excluding hydrogens is 304 g/mol. The van der Waals surface area contributed by atoms with Crippen LogP contribution in [0.1, 0.15) is 98.3 Å². The number of carbonyl (C=O) groups excluding carboxylic acids is 1. The second kappa shape index (κ2) is 6.38. The second-order valence-electron chi connectivity index (χ2n) is 10.9. The smallest absolute Gasteiger partial charge is 0.133 e. The summed E-state index contributed by atoms with van der Waals surface area (Å²) in [5.74, 6) is 5.57. The van der Waals surface area contributed by atoms with Gasteiger partial charge in [0.05, 0.1) is 0 Å². The Morgan fingerprint density at radius 3 is 2.36 bits per heavy atom. The predicted octanol–water partition coefficient (Wildman–Crippen LogP) is 6.65. The molecule has 4 saturated carbocycles. The van der Waals surface area contributed by atoms with Gasteiger partial charge in [-0.05, 0) is 105 Å². The maximum Gasteiger partial charge on any atom is 0.133 e. The largest absolute Gasteiger partial charge is 0.300 e. The molecule has 0 radical (unpaired) electrons. The molecule has 0 aromatic rings. The first-order valence-electron chi connectivity index (χ1n) is 11.4. The van der Waals surface area contributed by atoms with E-state index in [1.165, 1.54) is 70.6 Å². The van der Waals surface area contributed by atoms with Crippen LogP contribution in [-0.4, -0.2) is 5.78 Å². The normalized spacial score (nSPS) is 52.2. The van der Waals surface area contributed by atoms with Crippen LogP contribution in [-0.2, 0) is 4.79 Å². The third-order valence-electron chi connectivity index (χ3n) is 9.96. The molecule has 1 nitrogen and oxygen atoms in total. The van der Waals surface area contributed by atoms with E-state index in [4.69, 9.17) is 0 Å². The van der Waals surface area contributed by atoms with Crippen molar-refractivity contribution in [3.05, 3.63) is 0 Å². The third-order valence-corrected chi connectivity index (χ3v) is 9.96. The third kappa shape index (κ3) is 2.66. The molecule has 142 valence electrons. The highest BCUT2D eigenvalue weighted by Gasteiger charge is 2.60. The van der Waals surface area contributed by atoms with E-state index in [1.807, 2.05) is 6.92 Å². The first-order chi connectivity index (χ1) is 11.9. The summed E-state index contributed by atoms with van der Waals surface area (Å²) in [5.41, 5.74) is 0.943. The average Bonchev–Trinajstić information content (AvgIpc) is 2.93. The molecule has 4 aliphatic carbocycles. The molecule has 0 aromatic heterocycles. The molecule has 2 unspecified atom stereocenters. The molecule has 0 aromatic carbocycles. The van der Waals surface area contributed by atoms with Crippen LogP contribution in [0.5, 0.6) is 0 Å². The molecule has 25 heavy (non-hydrogen) atoms. The van der Waals surface area contributed by atoms with Crippen LogP contribution in [0.25, 0.3) is 0 Å². The molecule has 0 spiro atoms. The summed E-state index contributed by atoms with van der Waals surface area (Å²) in [6.07, 6.45) is 15.5. The molecular formula is C24H40O. The summed E-state index contributed by atoms with van der Waals surface area (Å²) in [4.78, 5) is 12.3. The van der Waals surface area contributed by atoms with Gasteiger partial charge in [0.25, 0.3) is 0 Å². The predicted molar refractivity (Wildman–Crippen MR) is 104 cm³/mol. The van der Waals surface area contributed by atoms with E-state index >= 15 is 0 Å². The van der Waals surface area contributed by atoms with Crippen molar-refractivity contribution in [3.63, 3.8) is 0 Å². The Kier molecular flexibility index (Phi) is 4.61. The summed E-state index contributed by atoms with van der Waals surface area (Å²) < 4.78 is 0. The lowest BCUT2D eigenvalue weighted by atomic mass is 9.44. The van der Waals surface area contributed by atoms with E-state index in [9.17, 15) is 4.79 Å². The SMILES string of the molecule is CCCC1CC[C@@]2(C)C(CC[C@H]3[C@@H]4CC[C@H](C(C)=O)[C@@]4(C)CC[C@@H]32)C1. The van der Waals surface area contributed by atoms with Gasteiger partial charge in [0.2, 0.25) is 0 Å². The molecule has 4 rings (SSSR count). The number of Topliss-reactive ketones (excluding diaryl/α,β-unsaturated/α-hetero) is 1. The lowest BCUT2D eigenvalue weighted by Crippen LogP contribution is -2.53. The quantitative estimate of drug-likeness (QED) is 0.560. The number of carbonyl (C=O) groups is 1. The second-order valence-corrected chi connectivity index (χ2v) is 10.9. The minimum absolute atomic E-state index is 0.329. The van der Waals surface area contributed by atoms with Crippen molar-refractivity contribution in [2.24, 2.45) is 46.3 Å². The highest BCUT2D eigenvalue weighted by atomic mass is 16.1. The molecule has 1 heteroatoms. The zero-order valence-corrected chi connectivity index (χ0v) is 17.2. The van der Waals surface area contributed by atoms with Crippen molar-refractivity contribution in [2.45, 2.75) is 98.3 Å². The first-order valence-corrected chi connectivity index (χ1v) is 11.4. The van der Waals surface area contributed by atoms with Gasteiger partial charge in [-0.15, -0.1) is 0 Å². The fraction of sp³-hybridized carbons (Fsp3) is 0.958. The van der Waals surface area contributed by atoms with Crippen LogP contribution in [0.4, 0.5) is 0 Å². The summed E-state index contributed by atoms with van der Waals surface area (Å²) in [6.45, 7) is 9.38. The molecule has 4 aliphatic rings. The number of hydrogen-bond acceptors (Lipinski definition) is 1. The van der Waals surface area contributed by atoms with Gasteiger partial charge in [-0.1, -0.05) is 33.6 Å².